The first-order chi connectivity index (χ1) is 4.74. The van der Waals surface area contributed by atoms with E-state index >= 15 is 0 Å². The molecule has 0 radical (unpaired) electrons. The number of hydrogen-bond donors (Lipinski definition) is 0. The van der Waals surface area contributed by atoms with Crippen molar-refractivity contribution >= 4 is 5.78 Å². The smallest absolute Gasteiger partial charge is 0.181 e. The van der Waals surface area contributed by atoms with Gasteiger partial charge in [-0.05, 0) is 6.08 Å². The summed E-state index contributed by atoms with van der Waals surface area (Å²) >= 11 is 0. The van der Waals surface area contributed by atoms with Gasteiger partial charge in [-0.15, -0.1) is 0 Å². The standard InChI is InChI=1S/C7H8NO2/c1-10-7-4-5(9)2-3-6(7)8/h2-4,6,8H,1H3/q-1. The maximum absolute atomic E-state index is 10.7. The number of hydrogen-bond acceptors (Lipinski definition) is 2. The van der Waals surface area contributed by atoms with Crippen molar-refractivity contribution in [1.29, 1.82) is 0 Å². The summed E-state index contributed by atoms with van der Waals surface area (Å²) in [6, 6.07) is -0.511. The molecule has 0 saturated heterocycles. The fraction of sp³-hybridized carbons (Fsp3) is 0.286. The number of carbonyl (C=O) groups is 1. The van der Waals surface area contributed by atoms with Gasteiger partial charge in [0.05, 0.1) is 12.9 Å². The lowest BCUT2D eigenvalue weighted by Crippen LogP contribution is -2.10. The van der Waals surface area contributed by atoms with Crippen LogP contribution in [0.25, 0.3) is 5.73 Å². The molecule has 0 fully saturated rings. The van der Waals surface area contributed by atoms with E-state index in [1.165, 1.54) is 25.3 Å². The second-order valence-electron chi connectivity index (χ2n) is 1.99. The van der Waals surface area contributed by atoms with E-state index in [0.717, 1.165) is 0 Å². The maximum Gasteiger partial charge on any atom is 0.181 e. The Morgan fingerprint density at radius 2 is 2.40 bits per heavy atom. The number of allylic oxidation sites excluding steroid dienone is 2. The molecule has 1 rings (SSSR count). The van der Waals surface area contributed by atoms with Crippen molar-refractivity contribution in [2.45, 2.75) is 6.04 Å². The van der Waals surface area contributed by atoms with Crippen molar-refractivity contribution in [3.63, 3.8) is 0 Å². The lowest BCUT2D eigenvalue weighted by atomic mass is 10.1. The molecule has 3 nitrogen and oxygen atoms in total. The number of methoxy groups -OCH3 is 1. The van der Waals surface area contributed by atoms with E-state index in [9.17, 15) is 4.79 Å². The van der Waals surface area contributed by atoms with Crippen LogP contribution >= 0.6 is 0 Å². The van der Waals surface area contributed by atoms with Crippen LogP contribution in [0, 0.1) is 0 Å². The predicted octanol–water partition coefficient (Wildman–Crippen LogP) is 1.08. The van der Waals surface area contributed by atoms with Crippen LogP contribution in [0.3, 0.4) is 0 Å². The second kappa shape index (κ2) is 2.66. The van der Waals surface area contributed by atoms with Crippen LogP contribution in [0.2, 0.25) is 0 Å². The van der Waals surface area contributed by atoms with Gasteiger partial charge < -0.3 is 10.5 Å². The summed E-state index contributed by atoms with van der Waals surface area (Å²) in [7, 11) is 1.46. The zero-order valence-electron chi connectivity index (χ0n) is 5.63. The summed E-state index contributed by atoms with van der Waals surface area (Å²) in [5.41, 5.74) is 7.29. The monoisotopic (exact) mass is 138 g/mol. The third-order valence-corrected chi connectivity index (χ3v) is 1.28. The third kappa shape index (κ3) is 1.25. The van der Waals surface area contributed by atoms with Crippen LogP contribution < -0.4 is 0 Å². The normalized spacial score (nSPS) is 24.4. The Bertz CT molecular complexity index is 206. The predicted molar refractivity (Wildman–Crippen MR) is 37.3 cm³/mol. The van der Waals surface area contributed by atoms with Gasteiger partial charge in [0.15, 0.2) is 5.78 Å². The summed E-state index contributed by atoms with van der Waals surface area (Å²) in [6.45, 7) is 0. The van der Waals surface area contributed by atoms with Gasteiger partial charge in [-0.1, -0.05) is 12.1 Å². The summed E-state index contributed by atoms with van der Waals surface area (Å²) < 4.78 is 4.78. The Hall–Kier alpha value is -1.09. The van der Waals surface area contributed by atoms with Gasteiger partial charge in [-0.2, -0.15) is 0 Å². The Balaban J connectivity index is 2.78. The van der Waals surface area contributed by atoms with Gasteiger partial charge in [0.1, 0.15) is 0 Å². The van der Waals surface area contributed by atoms with E-state index in [4.69, 9.17) is 10.5 Å². The second-order valence-corrected chi connectivity index (χ2v) is 1.99. The largest absolute Gasteiger partial charge is 0.665 e. The highest BCUT2D eigenvalue weighted by molar-refractivity contribution is 6.00. The van der Waals surface area contributed by atoms with Gasteiger partial charge in [-0.25, -0.2) is 0 Å². The minimum Gasteiger partial charge on any atom is -0.665 e. The molecule has 0 aromatic rings. The highest BCUT2D eigenvalue weighted by Gasteiger charge is 2.06. The summed E-state index contributed by atoms with van der Waals surface area (Å²) in [5, 5.41) is 0. The van der Waals surface area contributed by atoms with Gasteiger partial charge in [-0.3, -0.25) is 4.79 Å². The van der Waals surface area contributed by atoms with Gasteiger partial charge >= 0.3 is 0 Å². The Morgan fingerprint density at radius 3 is 2.90 bits per heavy atom. The van der Waals surface area contributed by atoms with Gasteiger partial charge in [0, 0.05) is 6.08 Å². The maximum atomic E-state index is 10.7. The molecule has 0 aromatic heterocycles. The first kappa shape index (κ1) is 7.02. The molecule has 0 saturated carbocycles. The summed E-state index contributed by atoms with van der Waals surface area (Å²) in [5.74, 6) is 0.299. The Kier molecular flexibility index (Phi) is 1.87. The van der Waals surface area contributed by atoms with Crippen molar-refractivity contribution < 1.29 is 9.53 Å². The van der Waals surface area contributed by atoms with E-state index < -0.39 is 6.04 Å². The number of ketones is 1. The molecule has 1 aliphatic rings. The van der Waals surface area contributed by atoms with Crippen LogP contribution in [0.4, 0.5) is 0 Å². The van der Waals surface area contributed by atoms with Crippen LogP contribution in [-0.2, 0) is 9.53 Å². The van der Waals surface area contributed by atoms with Crippen molar-refractivity contribution in [1.82, 2.24) is 0 Å². The zero-order valence-corrected chi connectivity index (χ0v) is 5.63. The molecule has 0 amide bonds. The lowest BCUT2D eigenvalue weighted by molar-refractivity contribution is -0.110. The minimum atomic E-state index is -0.511. The molecular formula is C7H8NO2-. The zero-order chi connectivity index (χ0) is 7.56. The molecule has 1 unspecified atom stereocenters. The number of carbonyl (C=O) groups excluding carboxylic acids is 1. The summed E-state index contributed by atoms with van der Waals surface area (Å²) in [4.78, 5) is 10.7. The average molecular weight is 138 g/mol. The molecular weight excluding hydrogens is 130 g/mol. The number of rotatable bonds is 1. The number of ether oxygens (including phenoxy) is 1. The molecule has 0 bridgehead atoms. The average Bonchev–Trinajstić information content (AvgIpc) is 1.94. The van der Waals surface area contributed by atoms with E-state index in [-0.39, 0.29) is 5.78 Å². The molecule has 3 heteroatoms. The highest BCUT2D eigenvalue weighted by Crippen LogP contribution is 2.12. The quantitative estimate of drug-likeness (QED) is 0.544. The Morgan fingerprint density at radius 1 is 1.70 bits per heavy atom. The van der Waals surface area contributed by atoms with Crippen LogP contribution in [0.15, 0.2) is 24.0 Å². The molecule has 1 N–H and O–H groups in total. The fourth-order valence-corrected chi connectivity index (χ4v) is 0.750. The van der Waals surface area contributed by atoms with E-state index in [1.54, 1.807) is 0 Å². The van der Waals surface area contributed by atoms with Crippen molar-refractivity contribution in [3.05, 3.63) is 29.7 Å². The SMILES string of the molecule is COC1=CC(=O)C=CC1[NH-]. The van der Waals surface area contributed by atoms with Crippen molar-refractivity contribution in [3.8, 4) is 0 Å². The van der Waals surface area contributed by atoms with Gasteiger partial charge in [0.2, 0.25) is 0 Å². The topological polar surface area (TPSA) is 50.1 Å². The van der Waals surface area contributed by atoms with Crippen LogP contribution in [0.1, 0.15) is 0 Å². The molecule has 0 aliphatic heterocycles. The first-order valence-electron chi connectivity index (χ1n) is 2.93. The summed E-state index contributed by atoms with van der Waals surface area (Å²) in [6.07, 6.45) is 4.21. The van der Waals surface area contributed by atoms with Crippen LogP contribution in [-0.4, -0.2) is 18.9 Å². The molecule has 10 heavy (non-hydrogen) atoms. The highest BCUT2D eigenvalue weighted by atomic mass is 16.5. The van der Waals surface area contributed by atoms with Crippen molar-refractivity contribution in [2.24, 2.45) is 0 Å². The van der Waals surface area contributed by atoms with E-state index in [0.29, 0.717) is 5.76 Å². The van der Waals surface area contributed by atoms with Gasteiger partial charge in [0.25, 0.3) is 0 Å². The third-order valence-electron chi connectivity index (χ3n) is 1.28. The van der Waals surface area contributed by atoms with E-state index in [2.05, 4.69) is 0 Å². The molecule has 0 aromatic carbocycles. The Labute approximate surface area is 59.2 Å². The lowest BCUT2D eigenvalue weighted by Gasteiger charge is -2.20. The van der Waals surface area contributed by atoms with E-state index in [1.807, 2.05) is 0 Å². The molecule has 1 aliphatic carbocycles. The molecule has 0 heterocycles. The molecule has 54 valence electrons. The minimum absolute atomic E-state index is 0.111. The fourth-order valence-electron chi connectivity index (χ4n) is 0.750. The van der Waals surface area contributed by atoms with Crippen LogP contribution in [0.5, 0.6) is 0 Å². The molecule has 1 atom stereocenters. The number of nitrogens with one attached hydrogen (secondary N) is 1. The van der Waals surface area contributed by atoms with Crippen molar-refractivity contribution in [2.75, 3.05) is 7.11 Å². The first-order valence-corrected chi connectivity index (χ1v) is 2.93. The molecule has 0 spiro atoms.